The van der Waals surface area contributed by atoms with Crippen LogP contribution in [0.3, 0.4) is 0 Å². The summed E-state index contributed by atoms with van der Waals surface area (Å²) in [7, 11) is 1.82. The molecular weight excluding hydrogens is 375 g/mol. The molecule has 2 aromatic heterocycles. The topological polar surface area (TPSA) is 95.9 Å². The van der Waals surface area contributed by atoms with E-state index in [1.807, 2.05) is 18.0 Å². The standard InChI is InChI=1S/C20H21FN6O2/c1-26-16(8-9-22-26)18-13(5-7-17(28)27(18)12-3-4-12)19(29)25-20-23-14-6-2-11(21)10-15(14)24-20/h2,6,8-10,12-13,18H,3-5,7H2,1H3,(H2,23,24,25,29). The van der Waals surface area contributed by atoms with Gasteiger partial charge in [0.1, 0.15) is 5.82 Å². The second kappa shape index (κ2) is 6.68. The van der Waals surface area contributed by atoms with Crippen molar-refractivity contribution in [2.24, 2.45) is 13.0 Å². The highest BCUT2D eigenvalue weighted by Gasteiger charge is 2.47. The van der Waals surface area contributed by atoms with Crippen molar-refractivity contribution < 1.29 is 14.0 Å². The first-order chi connectivity index (χ1) is 14.0. The number of piperidine rings is 1. The minimum absolute atomic E-state index is 0.0852. The molecule has 1 saturated heterocycles. The quantitative estimate of drug-likeness (QED) is 0.708. The molecule has 2 N–H and O–H groups in total. The molecule has 2 atom stereocenters. The van der Waals surface area contributed by atoms with Gasteiger partial charge in [-0.2, -0.15) is 5.10 Å². The van der Waals surface area contributed by atoms with Gasteiger partial charge in [-0.25, -0.2) is 9.37 Å². The summed E-state index contributed by atoms with van der Waals surface area (Å²) in [5.74, 6) is -0.653. The first kappa shape index (κ1) is 17.8. The SMILES string of the molecule is Cn1nccc1C1C(C(=O)Nc2nc3ccc(F)cc3[nH]2)CCC(=O)N1C1CC1. The van der Waals surface area contributed by atoms with Crippen LogP contribution in [0.2, 0.25) is 0 Å². The fourth-order valence-electron chi connectivity index (χ4n) is 4.25. The Bertz CT molecular complexity index is 1100. The lowest BCUT2D eigenvalue weighted by Crippen LogP contribution is -2.48. The molecule has 8 nitrogen and oxygen atoms in total. The fourth-order valence-corrected chi connectivity index (χ4v) is 4.25. The van der Waals surface area contributed by atoms with Crippen molar-refractivity contribution >= 4 is 28.8 Å². The van der Waals surface area contributed by atoms with Gasteiger partial charge in [-0.15, -0.1) is 0 Å². The first-order valence-electron chi connectivity index (χ1n) is 9.76. The van der Waals surface area contributed by atoms with Gasteiger partial charge < -0.3 is 9.88 Å². The highest BCUT2D eigenvalue weighted by Crippen LogP contribution is 2.43. The highest BCUT2D eigenvalue weighted by atomic mass is 19.1. The first-order valence-corrected chi connectivity index (χ1v) is 9.76. The molecule has 1 aliphatic heterocycles. The van der Waals surface area contributed by atoms with E-state index < -0.39 is 5.92 Å². The molecule has 150 valence electrons. The van der Waals surface area contributed by atoms with Crippen LogP contribution in [0, 0.1) is 11.7 Å². The zero-order valence-electron chi connectivity index (χ0n) is 15.9. The number of carbonyl (C=O) groups is 2. The van der Waals surface area contributed by atoms with Gasteiger partial charge in [-0.3, -0.25) is 19.6 Å². The Balaban J connectivity index is 1.46. The van der Waals surface area contributed by atoms with Gasteiger partial charge in [-0.1, -0.05) is 0 Å². The average molecular weight is 396 g/mol. The zero-order valence-corrected chi connectivity index (χ0v) is 15.9. The summed E-state index contributed by atoms with van der Waals surface area (Å²) in [5.41, 5.74) is 1.93. The van der Waals surface area contributed by atoms with Crippen LogP contribution in [0.25, 0.3) is 11.0 Å². The largest absolute Gasteiger partial charge is 0.330 e. The van der Waals surface area contributed by atoms with Crippen LogP contribution in [0.5, 0.6) is 0 Å². The Morgan fingerprint density at radius 3 is 2.83 bits per heavy atom. The van der Waals surface area contributed by atoms with E-state index in [1.54, 1.807) is 16.9 Å². The number of hydrogen-bond donors (Lipinski definition) is 2. The number of rotatable bonds is 4. The van der Waals surface area contributed by atoms with Crippen LogP contribution in [-0.4, -0.2) is 42.5 Å². The molecule has 1 aliphatic carbocycles. The van der Waals surface area contributed by atoms with Crippen LogP contribution in [0.1, 0.15) is 37.4 Å². The van der Waals surface area contributed by atoms with Crippen LogP contribution in [0.4, 0.5) is 10.3 Å². The smallest absolute Gasteiger partial charge is 0.232 e. The average Bonchev–Trinajstić information content (AvgIpc) is 3.31. The Kier molecular flexibility index (Phi) is 4.11. The van der Waals surface area contributed by atoms with Gasteiger partial charge in [0, 0.05) is 25.7 Å². The molecule has 29 heavy (non-hydrogen) atoms. The van der Waals surface area contributed by atoms with Crippen LogP contribution in [0.15, 0.2) is 30.5 Å². The number of nitrogens with one attached hydrogen (secondary N) is 2. The molecule has 2 fully saturated rings. The van der Waals surface area contributed by atoms with Crippen molar-refractivity contribution in [2.75, 3.05) is 5.32 Å². The second-order valence-corrected chi connectivity index (χ2v) is 7.74. The number of imidazole rings is 1. The number of nitrogens with zero attached hydrogens (tertiary/aromatic N) is 4. The van der Waals surface area contributed by atoms with Gasteiger partial charge in [0.25, 0.3) is 0 Å². The predicted octanol–water partition coefficient (Wildman–Crippen LogP) is 2.52. The molecule has 0 radical (unpaired) electrons. The van der Waals surface area contributed by atoms with Crippen LogP contribution in [-0.2, 0) is 16.6 Å². The molecule has 3 aromatic rings. The molecule has 2 aliphatic rings. The third-order valence-electron chi connectivity index (χ3n) is 5.76. The number of fused-ring (bicyclic) bond motifs is 1. The van der Waals surface area contributed by atoms with Crippen LogP contribution >= 0.6 is 0 Å². The maximum atomic E-state index is 13.4. The Morgan fingerprint density at radius 1 is 1.28 bits per heavy atom. The van der Waals surface area contributed by atoms with Crippen molar-refractivity contribution in [3.8, 4) is 0 Å². The van der Waals surface area contributed by atoms with Gasteiger partial charge in [-0.05, 0) is 43.5 Å². The number of H-pyrrole nitrogens is 1. The molecule has 1 aromatic carbocycles. The summed E-state index contributed by atoms with van der Waals surface area (Å²) >= 11 is 0. The number of carbonyl (C=O) groups excluding carboxylic acids is 2. The van der Waals surface area contributed by atoms with Gasteiger partial charge >= 0.3 is 0 Å². The van der Waals surface area contributed by atoms with Crippen molar-refractivity contribution in [2.45, 2.75) is 37.8 Å². The molecular formula is C20H21FN6O2. The summed E-state index contributed by atoms with van der Waals surface area (Å²) < 4.78 is 15.2. The molecule has 3 heterocycles. The van der Waals surface area contributed by atoms with Gasteiger partial charge in [0.2, 0.25) is 17.8 Å². The lowest BCUT2D eigenvalue weighted by atomic mass is 9.85. The number of hydrogen-bond acceptors (Lipinski definition) is 4. The fraction of sp³-hybridized carbons (Fsp3) is 0.400. The Morgan fingerprint density at radius 2 is 2.10 bits per heavy atom. The van der Waals surface area contributed by atoms with E-state index in [9.17, 15) is 14.0 Å². The van der Waals surface area contributed by atoms with Crippen LogP contribution < -0.4 is 5.32 Å². The Hall–Kier alpha value is -3.23. The van der Waals surface area contributed by atoms with E-state index in [1.165, 1.54) is 12.1 Å². The molecule has 2 unspecified atom stereocenters. The van der Waals surface area contributed by atoms with Crippen molar-refractivity contribution in [3.05, 3.63) is 42.0 Å². The summed E-state index contributed by atoms with van der Waals surface area (Å²) in [6.45, 7) is 0. The molecule has 2 amide bonds. The van der Waals surface area contributed by atoms with Gasteiger partial charge in [0.15, 0.2) is 0 Å². The number of aryl methyl sites for hydroxylation is 1. The summed E-state index contributed by atoms with van der Waals surface area (Å²) in [6, 6.07) is 5.91. The van der Waals surface area contributed by atoms with E-state index in [2.05, 4.69) is 20.4 Å². The third kappa shape index (κ3) is 3.16. The van der Waals surface area contributed by atoms with E-state index in [4.69, 9.17) is 0 Å². The van der Waals surface area contributed by atoms with Gasteiger partial charge in [0.05, 0.1) is 28.7 Å². The number of amides is 2. The zero-order chi connectivity index (χ0) is 20.1. The number of benzene rings is 1. The lowest BCUT2D eigenvalue weighted by molar-refractivity contribution is -0.143. The lowest BCUT2D eigenvalue weighted by Gasteiger charge is -2.40. The normalized spacial score (nSPS) is 22.3. The molecule has 0 spiro atoms. The summed E-state index contributed by atoms with van der Waals surface area (Å²) in [6.07, 6.45) is 4.41. The predicted molar refractivity (Wildman–Crippen MR) is 103 cm³/mol. The minimum atomic E-state index is -0.423. The highest BCUT2D eigenvalue weighted by molar-refractivity contribution is 5.94. The molecule has 0 bridgehead atoms. The maximum absolute atomic E-state index is 13.4. The second-order valence-electron chi connectivity index (χ2n) is 7.74. The van der Waals surface area contributed by atoms with E-state index in [0.717, 1.165) is 18.5 Å². The maximum Gasteiger partial charge on any atom is 0.232 e. The summed E-state index contributed by atoms with van der Waals surface area (Å²) in [5, 5.41) is 7.07. The van der Waals surface area contributed by atoms with E-state index in [0.29, 0.717) is 23.9 Å². The number of aromatic amines is 1. The molecule has 5 rings (SSSR count). The third-order valence-corrected chi connectivity index (χ3v) is 5.76. The Labute approximate surface area is 166 Å². The minimum Gasteiger partial charge on any atom is -0.330 e. The number of likely N-dealkylation sites (tertiary alicyclic amines) is 1. The number of halogens is 1. The molecule has 1 saturated carbocycles. The van der Waals surface area contributed by atoms with Crippen molar-refractivity contribution in [3.63, 3.8) is 0 Å². The number of aromatic nitrogens is 4. The summed E-state index contributed by atoms with van der Waals surface area (Å²) in [4.78, 5) is 35.0. The van der Waals surface area contributed by atoms with Crippen molar-refractivity contribution in [1.82, 2.24) is 24.6 Å². The number of anilines is 1. The molecule has 9 heteroatoms. The van der Waals surface area contributed by atoms with E-state index >= 15 is 0 Å². The monoisotopic (exact) mass is 396 g/mol. The van der Waals surface area contributed by atoms with E-state index in [-0.39, 0.29) is 35.7 Å². The van der Waals surface area contributed by atoms with Crippen molar-refractivity contribution in [1.29, 1.82) is 0 Å².